The molecule has 0 heterocycles. The largest absolute Gasteiger partial charge is 0.496 e. The number of hydrogen-bond donors (Lipinski definition) is 2. The maximum atomic E-state index is 10.2. The summed E-state index contributed by atoms with van der Waals surface area (Å²) in [6.07, 6.45) is 1.55. The van der Waals surface area contributed by atoms with Crippen LogP contribution in [0.1, 0.15) is 22.8 Å². The van der Waals surface area contributed by atoms with Crippen molar-refractivity contribution in [1.29, 1.82) is 0 Å². The molecule has 4 heteroatoms. The Balaban J connectivity index is 1.89. The minimum absolute atomic E-state index is 0.487. The van der Waals surface area contributed by atoms with Crippen molar-refractivity contribution in [3.8, 4) is 5.75 Å². The predicted octanol–water partition coefficient (Wildman–Crippen LogP) is 3.55. The van der Waals surface area contributed by atoms with E-state index in [4.69, 9.17) is 4.74 Å². The number of benzene rings is 2. The summed E-state index contributed by atoms with van der Waals surface area (Å²) in [4.78, 5) is 1.13. The molecule has 2 aromatic rings. The zero-order chi connectivity index (χ0) is 15.9. The highest BCUT2D eigenvalue weighted by Crippen LogP contribution is 2.28. The van der Waals surface area contributed by atoms with Crippen molar-refractivity contribution in [3.63, 3.8) is 0 Å². The maximum absolute atomic E-state index is 10.2. The van der Waals surface area contributed by atoms with Gasteiger partial charge < -0.3 is 15.2 Å². The van der Waals surface area contributed by atoms with Gasteiger partial charge in [-0.3, -0.25) is 0 Å². The summed E-state index contributed by atoms with van der Waals surface area (Å²) in [7, 11) is 1.69. The molecule has 2 aromatic carbocycles. The van der Waals surface area contributed by atoms with Gasteiger partial charge in [-0.15, -0.1) is 11.8 Å². The minimum atomic E-state index is -0.487. The Hall–Kier alpha value is -1.49. The summed E-state index contributed by atoms with van der Waals surface area (Å²) in [5.41, 5.74) is 3.32. The van der Waals surface area contributed by atoms with E-state index in [-0.39, 0.29) is 0 Å². The molecule has 0 saturated heterocycles. The molecule has 0 fully saturated rings. The van der Waals surface area contributed by atoms with E-state index >= 15 is 0 Å². The first kappa shape index (κ1) is 16.9. The number of aliphatic hydroxyl groups excluding tert-OH is 1. The number of nitrogens with one attached hydrogen (secondary N) is 1. The van der Waals surface area contributed by atoms with Crippen LogP contribution in [0.4, 0.5) is 0 Å². The Morgan fingerprint density at radius 2 is 1.91 bits per heavy atom. The van der Waals surface area contributed by atoms with Crippen LogP contribution in [0.25, 0.3) is 0 Å². The van der Waals surface area contributed by atoms with Gasteiger partial charge in [0.05, 0.1) is 13.2 Å². The van der Waals surface area contributed by atoms with Gasteiger partial charge in [0, 0.05) is 18.0 Å². The topological polar surface area (TPSA) is 41.5 Å². The average Bonchev–Trinajstić information content (AvgIpc) is 2.55. The highest BCUT2D eigenvalue weighted by Gasteiger charge is 2.07. The molecule has 3 nitrogen and oxygen atoms in total. The molecule has 0 aliphatic carbocycles. The lowest BCUT2D eigenvalue weighted by Crippen LogP contribution is -2.21. The number of hydrogen-bond acceptors (Lipinski definition) is 4. The zero-order valence-electron chi connectivity index (χ0n) is 13.3. The second-order valence-corrected chi connectivity index (χ2v) is 6.09. The maximum Gasteiger partial charge on any atom is 0.132 e. The van der Waals surface area contributed by atoms with E-state index in [1.54, 1.807) is 18.9 Å². The van der Waals surface area contributed by atoms with E-state index < -0.39 is 6.10 Å². The molecule has 0 aliphatic heterocycles. The van der Waals surface area contributed by atoms with Crippen LogP contribution in [0.3, 0.4) is 0 Å². The summed E-state index contributed by atoms with van der Waals surface area (Å²) in [6, 6.07) is 14.1. The minimum Gasteiger partial charge on any atom is -0.496 e. The van der Waals surface area contributed by atoms with Crippen molar-refractivity contribution in [2.45, 2.75) is 24.5 Å². The van der Waals surface area contributed by atoms with Gasteiger partial charge in [-0.2, -0.15) is 0 Å². The fourth-order valence-corrected chi connectivity index (χ4v) is 2.87. The lowest BCUT2D eigenvalue weighted by atomic mass is 10.1. The highest BCUT2D eigenvalue weighted by atomic mass is 32.2. The van der Waals surface area contributed by atoms with Gasteiger partial charge in [-0.1, -0.05) is 35.9 Å². The Kier molecular flexibility index (Phi) is 6.31. The van der Waals surface area contributed by atoms with Crippen molar-refractivity contribution < 1.29 is 9.84 Å². The molecule has 0 aliphatic rings. The molecule has 1 atom stereocenters. The van der Waals surface area contributed by atoms with Crippen molar-refractivity contribution in [3.05, 3.63) is 59.2 Å². The molecule has 2 N–H and O–H groups in total. The smallest absolute Gasteiger partial charge is 0.132 e. The van der Waals surface area contributed by atoms with E-state index in [9.17, 15) is 5.11 Å². The summed E-state index contributed by atoms with van der Waals surface area (Å²) in [5, 5.41) is 13.5. The lowest BCUT2D eigenvalue weighted by molar-refractivity contribution is 0.174. The second kappa shape index (κ2) is 8.22. The lowest BCUT2D eigenvalue weighted by Gasteiger charge is -2.13. The molecule has 1 unspecified atom stereocenters. The quantitative estimate of drug-likeness (QED) is 0.766. The number of aryl methyl sites for hydroxylation is 1. The zero-order valence-corrected chi connectivity index (χ0v) is 14.1. The molecular formula is C18H23NO2S. The number of methoxy groups -OCH3 is 1. The number of aliphatic hydroxyl groups is 1. The standard InChI is InChI=1S/C18H23NO2S/c1-13-4-7-15(8-5-13)16(20)12-19-11-14-6-9-17(21-2)18(10-14)22-3/h4-10,16,19-20H,11-12H2,1-3H3. The number of thioether (sulfide) groups is 1. The average molecular weight is 317 g/mol. The monoisotopic (exact) mass is 317 g/mol. The predicted molar refractivity (Wildman–Crippen MR) is 92.6 cm³/mol. The normalized spacial score (nSPS) is 12.2. The van der Waals surface area contributed by atoms with Crippen molar-refractivity contribution in [2.24, 2.45) is 0 Å². The van der Waals surface area contributed by atoms with Gasteiger partial charge in [0.2, 0.25) is 0 Å². The molecule has 0 amide bonds. The van der Waals surface area contributed by atoms with Crippen LogP contribution < -0.4 is 10.1 Å². The van der Waals surface area contributed by atoms with Gasteiger partial charge in [-0.25, -0.2) is 0 Å². The summed E-state index contributed by atoms with van der Waals surface area (Å²) < 4.78 is 5.32. The molecule has 0 aromatic heterocycles. The third-order valence-corrected chi connectivity index (χ3v) is 4.34. The van der Waals surface area contributed by atoms with Gasteiger partial charge in [0.15, 0.2) is 0 Å². The Bertz CT molecular complexity index is 599. The van der Waals surface area contributed by atoms with Crippen LogP contribution in [-0.2, 0) is 6.54 Å². The first-order chi connectivity index (χ1) is 10.6. The third kappa shape index (κ3) is 4.50. The van der Waals surface area contributed by atoms with Gasteiger partial charge in [-0.05, 0) is 36.4 Å². The van der Waals surface area contributed by atoms with Crippen molar-refractivity contribution >= 4 is 11.8 Å². The Morgan fingerprint density at radius 3 is 2.55 bits per heavy atom. The first-order valence-corrected chi connectivity index (χ1v) is 8.52. The highest BCUT2D eigenvalue weighted by molar-refractivity contribution is 7.98. The Labute approximate surface area is 136 Å². The van der Waals surface area contributed by atoms with Crippen LogP contribution in [0.15, 0.2) is 47.4 Å². The van der Waals surface area contributed by atoms with Gasteiger partial charge in [0.25, 0.3) is 0 Å². The fourth-order valence-electron chi connectivity index (χ4n) is 2.25. The molecule has 2 rings (SSSR count). The van der Waals surface area contributed by atoms with E-state index in [0.29, 0.717) is 6.54 Å². The van der Waals surface area contributed by atoms with E-state index in [2.05, 4.69) is 11.4 Å². The second-order valence-electron chi connectivity index (χ2n) is 5.25. The van der Waals surface area contributed by atoms with Crippen molar-refractivity contribution in [1.82, 2.24) is 5.32 Å². The fraction of sp³-hybridized carbons (Fsp3) is 0.333. The van der Waals surface area contributed by atoms with Gasteiger partial charge >= 0.3 is 0 Å². The van der Waals surface area contributed by atoms with Crippen LogP contribution in [-0.4, -0.2) is 25.0 Å². The molecule has 0 radical (unpaired) electrons. The molecule has 0 bridgehead atoms. The molecule has 22 heavy (non-hydrogen) atoms. The molecular weight excluding hydrogens is 294 g/mol. The Morgan fingerprint density at radius 1 is 1.18 bits per heavy atom. The number of rotatable bonds is 7. The van der Waals surface area contributed by atoms with Crippen LogP contribution in [0.2, 0.25) is 0 Å². The van der Waals surface area contributed by atoms with Gasteiger partial charge in [0.1, 0.15) is 5.75 Å². The SMILES string of the molecule is COc1ccc(CNCC(O)c2ccc(C)cc2)cc1SC. The van der Waals surface area contributed by atoms with E-state index in [1.165, 1.54) is 11.1 Å². The molecule has 0 saturated carbocycles. The van der Waals surface area contributed by atoms with Crippen LogP contribution >= 0.6 is 11.8 Å². The molecule has 0 spiro atoms. The number of ether oxygens (including phenoxy) is 1. The van der Waals surface area contributed by atoms with E-state index in [1.807, 2.05) is 49.6 Å². The first-order valence-electron chi connectivity index (χ1n) is 7.30. The van der Waals surface area contributed by atoms with Crippen molar-refractivity contribution in [2.75, 3.05) is 19.9 Å². The summed E-state index contributed by atoms with van der Waals surface area (Å²) in [6.45, 7) is 3.30. The third-order valence-electron chi connectivity index (χ3n) is 3.58. The summed E-state index contributed by atoms with van der Waals surface area (Å²) >= 11 is 1.67. The molecule has 118 valence electrons. The van der Waals surface area contributed by atoms with Crippen LogP contribution in [0.5, 0.6) is 5.75 Å². The van der Waals surface area contributed by atoms with Crippen LogP contribution in [0, 0.1) is 6.92 Å². The summed E-state index contributed by atoms with van der Waals surface area (Å²) in [5.74, 6) is 0.899. The van der Waals surface area contributed by atoms with E-state index in [0.717, 1.165) is 22.8 Å².